The molecule has 218 valence electrons. The molecule has 0 aromatic rings. The number of ether oxygens (including phenoxy) is 1. The Morgan fingerprint density at radius 1 is 1.23 bits per heavy atom. The summed E-state index contributed by atoms with van der Waals surface area (Å²) >= 11 is 13.5. The molecule has 0 radical (unpaired) electrons. The summed E-state index contributed by atoms with van der Waals surface area (Å²) in [7, 11) is 0. The van der Waals surface area contributed by atoms with E-state index in [2.05, 4.69) is 0 Å². The second-order valence-electron chi connectivity index (χ2n) is 13.2. The van der Waals surface area contributed by atoms with Crippen LogP contribution >= 0.6 is 35.0 Å². The second kappa shape index (κ2) is 9.02. The highest BCUT2D eigenvalue weighted by molar-refractivity contribution is 8.14. The van der Waals surface area contributed by atoms with E-state index in [1.807, 2.05) is 6.07 Å². The largest absolute Gasteiger partial charge is 0.449 e. The number of allylic oxidation sites excluding steroid dienone is 4. The third-order valence-electron chi connectivity index (χ3n) is 11.1. The molecule has 4 saturated carbocycles. The summed E-state index contributed by atoms with van der Waals surface area (Å²) in [5, 5.41) is 20.3. The molecular weight excluding hydrogens is 583 g/mol. The molecule has 5 aliphatic rings. The minimum Gasteiger partial charge on any atom is -0.449 e. The average molecular weight is 617 g/mol. The number of nitrogens with zero attached hydrogens (tertiary/aromatic N) is 1. The van der Waals surface area contributed by atoms with Crippen molar-refractivity contribution in [1.82, 2.24) is 0 Å². The third kappa shape index (κ3) is 3.46. The van der Waals surface area contributed by atoms with Gasteiger partial charge >= 0.3 is 5.97 Å². The van der Waals surface area contributed by atoms with Gasteiger partial charge in [0.2, 0.25) is 5.12 Å². The van der Waals surface area contributed by atoms with Gasteiger partial charge < -0.3 is 9.84 Å². The number of carbonyl (C=O) groups is 3. The summed E-state index contributed by atoms with van der Waals surface area (Å²) in [6.07, 6.45) is 0.0238. The number of nitriles is 1. The van der Waals surface area contributed by atoms with Gasteiger partial charge in [-0.05, 0) is 49.8 Å². The first kappa shape index (κ1) is 30.0. The Morgan fingerprint density at radius 2 is 1.85 bits per heavy atom. The fourth-order valence-corrected chi connectivity index (χ4v) is 10.5. The summed E-state index contributed by atoms with van der Waals surface area (Å²) in [6.45, 7) is 8.33. The number of carbonyl (C=O) groups excluding carboxylic acids is 3. The third-order valence-corrected chi connectivity index (χ3v) is 13.3. The molecule has 5 rings (SSSR count). The summed E-state index contributed by atoms with van der Waals surface area (Å²) in [5.74, 6) is -4.71. The number of rotatable bonds is 4. The first-order valence-electron chi connectivity index (χ1n) is 13.5. The molecule has 40 heavy (non-hydrogen) atoms. The standard InChI is InChI=1S/C29H33Cl2F2NO5S/c1-14-10-16-17-12-19(32)18-11-15(35)6-7-25(18,4)27(17,33)20(36)13-26(16,5)28(14,23(38)40-9-8-34)39-22(37)21-24(2,3)29(21,30)31/h6-7,11,14,16-17,19-21,36H,9-10,12-13H2,1-5H3/t14-,16+,17+,19+,20+,21?,25+,26+,27+,28+/m1/s1. The van der Waals surface area contributed by atoms with Crippen LogP contribution in [-0.2, 0) is 19.1 Å². The molecular formula is C29H33Cl2F2NO5S. The van der Waals surface area contributed by atoms with Crippen LogP contribution in [0.1, 0.15) is 53.9 Å². The lowest BCUT2D eigenvalue weighted by Gasteiger charge is -2.63. The van der Waals surface area contributed by atoms with Crippen molar-refractivity contribution in [2.45, 2.75) is 81.8 Å². The number of ketones is 1. The van der Waals surface area contributed by atoms with Crippen molar-refractivity contribution in [3.05, 3.63) is 23.8 Å². The molecule has 1 N–H and O–H groups in total. The quantitative estimate of drug-likeness (QED) is 0.331. The molecule has 0 aromatic heterocycles. The van der Waals surface area contributed by atoms with Crippen LogP contribution in [0, 0.1) is 51.2 Å². The van der Waals surface area contributed by atoms with E-state index in [9.17, 15) is 24.8 Å². The Labute approximate surface area is 246 Å². The van der Waals surface area contributed by atoms with Crippen LogP contribution in [0.5, 0.6) is 0 Å². The Balaban J connectivity index is 1.62. The zero-order chi connectivity index (χ0) is 29.8. The van der Waals surface area contributed by atoms with Crippen LogP contribution in [-0.4, -0.2) is 55.6 Å². The van der Waals surface area contributed by atoms with Gasteiger partial charge in [0.1, 0.15) is 10.5 Å². The SMILES string of the molecule is C[C@@H]1C[C@H]2[C@@H]3C[C@H](F)C4=CC(=O)C=C[C@]4(C)[C@@]3(F)[C@@H](O)C[C@]2(C)[C@@]1(OC(=O)C1C(C)(C)C1(Cl)Cl)C(=O)SCC#N. The van der Waals surface area contributed by atoms with Gasteiger partial charge in [0.25, 0.3) is 0 Å². The molecule has 0 aliphatic heterocycles. The number of alkyl halides is 4. The summed E-state index contributed by atoms with van der Waals surface area (Å²) in [6, 6.07) is 1.92. The number of esters is 1. The normalized spacial score (nSPS) is 47.7. The van der Waals surface area contributed by atoms with E-state index >= 15 is 8.78 Å². The predicted octanol–water partition coefficient (Wildman–Crippen LogP) is 5.45. The van der Waals surface area contributed by atoms with Crippen LogP contribution in [0.25, 0.3) is 0 Å². The van der Waals surface area contributed by atoms with E-state index in [1.54, 1.807) is 27.7 Å². The van der Waals surface area contributed by atoms with Gasteiger partial charge in [0.15, 0.2) is 17.1 Å². The second-order valence-corrected chi connectivity index (χ2v) is 15.5. The fourth-order valence-electron chi connectivity index (χ4n) is 8.74. The van der Waals surface area contributed by atoms with Crippen LogP contribution < -0.4 is 0 Å². The smallest absolute Gasteiger partial charge is 0.313 e. The number of hydrogen-bond donors (Lipinski definition) is 1. The molecule has 0 saturated heterocycles. The lowest BCUT2D eigenvalue weighted by atomic mass is 9.44. The van der Waals surface area contributed by atoms with Crippen LogP contribution in [0.4, 0.5) is 8.78 Å². The van der Waals surface area contributed by atoms with Gasteiger partial charge in [0.05, 0.1) is 23.8 Å². The maximum absolute atomic E-state index is 17.5. The molecule has 0 aromatic carbocycles. The molecule has 0 amide bonds. The molecule has 11 heteroatoms. The van der Waals surface area contributed by atoms with E-state index in [1.165, 1.54) is 19.1 Å². The number of hydrogen-bond acceptors (Lipinski definition) is 7. The Kier molecular flexibility index (Phi) is 6.76. The Hall–Kier alpha value is -1.47. The van der Waals surface area contributed by atoms with Crippen LogP contribution in [0.3, 0.4) is 0 Å². The fraction of sp³-hybridized carbons (Fsp3) is 0.724. The van der Waals surface area contributed by atoms with E-state index in [-0.39, 0.29) is 30.6 Å². The average Bonchev–Trinajstić information content (AvgIpc) is 3.17. The van der Waals surface area contributed by atoms with E-state index in [4.69, 9.17) is 27.9 Å². The highest BCUT2D eigenvalue weighted by Crippen LogP contribution is 2.73. The predicted molar refractivity (Wildman–Crippen MR) is 147 cm³/mol. The minimum atomic E-state index is -2.34. The van der Waals surface area contributed by atoms with Crippen molar-refractivity contribution < 1.29 is 33.0 Å². The Bertz CT molecular complexity index is 1280. The van der Waals surface area contributed by atoms with Crippen molar-refractivity contribution in [3.63, 3.8) is 0 Å². The van der Waals surface area contributed by atoms with Crippen molar-refractivity contribution in [2.75, 3.05) is 5.75 Å². The minimum absolute atomic E-state index is 0.00215. The highest BCUT2D eigenvalue weighted by Gasteiger charge is 2.80. The van der Waals surface area contributed by atoms with Crippen LogP contribution in [0.2, 0.25) is 0 Å². The first-order valence-corrected chi connectivity index (χ1v) is 15.2. The molecule has 6 nitrogen and oxygen atoms in total. The van der Waals surface area contributed by atoms with Gasteiger partial charge in [-0.15, -0.1) is 23.2 Å². The van der Waals surface area contributed by atoms with Crippen molar-refractivity contribution in [3.8, 4) is 6.07 Å². The summed E-state index contributed by atoms with van der Waals surface area (Å²) < 4.78 is 38.1. The van der Waals surface area contributed by atoms with Gasteiger partial charge in [-0.3, -0.25) is 14.4 Å². The molecule has 0 spiro atoms. The summed E-state index contributed by atoms with van der Waals surface area (Å²) in [5.41, 5.74) is -7.89. The van der Waals surface area contributed by atoms with E-state index in [0.717, 1.165) is 6.08 Å². The zero-order valence-electron chi connectivity index (χ0n) is 23.0. The number of thioether (sulfide) groups is 1. The van der Waals surface area contributed by atoms with Gasteiger partial charge in [0, 0.05) is 28.1 Å². The van der Waals surface area contributed by atoms with Gasteiger partial charge in [-0.2, -0.15) is 5.26 Å². The number of fused-ring (bicyclic) bond motifs is 5. The maximum Gasteiger partial charge on any atom is 0.313 e. The topological polar surface area (TPSA) is 104 Å². The number of halogens is 4. The lowest BCUT2D eigenvalue weighted by molar-refractivity contribution is -0.229. The van der Waals surface area contributed by atoms with Crippen molar-refractivity contribution in [2.24, 2.45) is 39.9 Å². The number of aliphatic hydroxyl groups is 1. The monoisotopic (exact) mass is 615 g/mol. The van der Waals surface area contributed by atoms with Crippen molar-refractivity contribution >= 4 is 51.8 Å². The molecule has 1 unspecified atom stereocenters. The summed E-state index contributed by atoms with van der Waals surface area (Å²) in [4.78, 5) is 39.7. The first-order chi connectivity index (χ1) is 18.4. The van der Waals surface area contributed by atoms with E-state index in [0.29, 0.717) is 11.8 Å². The number of aliphatic hydroxyl groups excluding tert-OH is 1. The molecule has 5 aliphatic carbocycles. The molecule has 0 heterocycles. The molecule has 10 atom stereocenters. The van der Waals surface area contributed by atoms with E-state index < -0.39 is 84.7 Å². The maximum atomic E-state index is 17.5. The molecule has 4 fully saturated rings. The van der Waals surface area contributed by atoms with Crippen molar-refractivity contribution in [1.29, 1.82) is 5.26 Å². The van der Waals surface area contributed by atoms with Gasteiger partial charge in [-0.1, -0.05) is 45.5 Å². The Morgan fingerprint density at radius 3 is 2.42 bits per heavy atom. The zero-order valence-corrected chi connectivity index (χ0v) is 25.3. The van der Waals surface area contributed by atoms with Crippen LogP contribution in [0.15, 0.2) is 23.8 Å². The van der Waals surface area contributed by atoms with Gasteiger partial charge in [-0.25, -0.2) is 8.78 Å². The molecule has 0 bridgehead atoms. The lowest BCUT2D eigenvalue weighted by Crippen LogP contribution is -2.70. The highest BCUT2D eigenvalue weighted by atomic mass is 35.5.